The van der Waals surface area contributed by atoms with Crippen molar-refractivity contribution in [2.75, 3.05) is 42.7 Å². The molecule has 0 radical (unpaired) electrons. The molecule has 3 aromatic rings. The second-order valence-corrected chi connectivity index (χ2v) is 13.8. The minimum Gasteiger partial charge on any atom is -0.493 e. The van der Waals surface area contributed by atoms with Crippen molar-refractivity contribution >= 4 is 23.6 Å². The normalized spacial score (nSPS) is 13.9. The molecule has 40 heavy (non-hydrogen) atoms. The van der Waals surface area contributed by atoms with Gasteiger partial charge in [-0.15, -0.1) is 0 Å². The van der Waals surface area contributed by atoms with E-state index in [-0.39, 0.29) is 5.54 Å². The lowest BCUT2D eigenvalue weighted by atomic mass is 10.1. The van der Waals surface area contributed by atoms with Gasteiger partial charge in [-0.25, -0.2) is 0 Å². The molecule has 0 heterocycles. The van der Waals surface area contributed by atoms with Crippen molar-refractivity contribution < 1.29 is 28.4 Å². The SMILES string of the molecule is COc1cccc([Si](c2cccc(OC)c2OC)(c2cccc(OC)c2OC)C2C(C)=C(C)C(C)=C2C)c1OC. The van der Waals surface area contributed by atoms with Gasteiger partial charge in [-0.3, -0.25) is 0 Å². The third kappa shape index (κ3) is 4.24. The Labute approximate surface area is 239 Å². The topological polar surface area (TPSA) is 55.4 Å². The van der Waals surface area contributed by atoms with Crippen LogP contribution in [-0.4, -0.2) is 50.7 Å². The number of methoxy groups -OCH3 is 6. The molecule has 0 unspecified atom stereocenters. The van der Waals surface area contributed by atoms with E-state index in [1.807, 2.05) is 36.4 Å². The van der Waals surface area contributed by atoms with E-state index in [4.69, 9.17) is 28.4 Å². The first-order valence-corrected chi connectivity index (χ1v) is 15.3. The summed E-state index contributed by atoms with van der Waals surface area (Å²) >= 11 is 0. The van der Waals surface area contributed by atoms with Gasteiger partial charge in [0.25, 0.3) is 0 Å². The molecule has 0 N–H and O–H groups in total. The van der Waals surface area contributed by atoms with Crippen molar-refractivity contribution in [1.29, 1.82) is 0 Å². The Kier molecular flexibility index (Phi) is 8.54. The minimum absolute atomic E-state index is 0.00974. The van der Waals surface area contributed by atoms with E-state index in [2.05, 4.69) is 45.9 Å². The summed E-state index contributed by atoms with van der Waals surface area (Å²) in [7, 11) is 6.83. The molecule has 6 nitrogen and oxygen atoms in total. The van der Waals surface area contributed by atoms with Crippen LogP contribution in [-0.2, 0) is 0 Å². The standard InChI is InChI=1S/C33H40O6Si/c1-20-21(2)23(4)33(22(20)3)40(27-17-11-14-24(34-5)30(27)37-8,28-18-12-15-25(35-6)31(28)38-9)29-19-13-16-26(36-7)32(29)39-10/h11-19,33H,1-10H3. The molecule has 0 aromatic heterocycles. The van der Waals surface area contributed by atoms with Crippen LogP contribution in [0.2, 0.25) is 5.54 Å². The molecular weight excluding hydrogens is 520 g/mol. The van der Waals surface area contributed by atoms with Crippen molar-refractivity contribution in [3.63, 3.8) is 0 Å². The Bertz CT molecular complexity index is 1310. The van der Waals surface area contributed by atoms with Crippen LogP contribution < -0.4 is 44.0 Å². The monoisotopic (exact) mass is 560 g/mol. The van der Waals surface area contributed by atoms with Gasteiger partial charge in [0, 0.05) is 5.54 Å². The molecule has 0 spiro atoms. The van der Waals surface area contributed by atoms with Gasteiger partial charge in [-0.1, -0.05) is 47.5 Å². The highest BCUT2D eigenvalue weighted by molar-refractivity contribution is 7.14. The first-order chi connectivity index (χ1) is 19.3. The van der Waals surface area contributed by atoms with Crippen LogP contribution in [0, 0.1) is 0 Å². The van der Waals surface area contributed by atoms with E-state index < -0.39 is 8.07 Å². The lowest BCUT2D eigenvalue weighted by molar-refractivity contribution is 0.355. The molecule has 4 rings (SSSR count). The maximum atomic E-state index is 6.19. The molecule has 0 saturated heterocycles. The number of benzene rings is 3. The van der Waals surface area contributed by atoms with Crippen molar-refractivity contribution in [1.82, 2.24) is 0 Å². The van der Waals surface area contributed by atoms with E-state index in [0.29, 0.717) is 34.5 Å². The van der Waals surface area contributed by atoms with Crippen molar-refractivity contribution in [3.8, 4) is 34.5 Å². The maximum absolute atomic E-state index is 6.19. The molecule has 0 aliphatic heterocycles. The molecule has 3 aromatic carbocycles. The van der Waals surface area contributed by atoms with Crippen LogP contribution >= 0.6 is 0 Å². The Morgan fingerprint density at radius 1 is 0.450 bits per heavy atom. The summed E-state index contributed by atoms with van der Waals surface area (Å²) in [4.78, 5) is 0. The second kappa shape index (κ2) is 11.7. The summed E-state index contributed by atoms with van der Waals surface area (Å²) in [5, 5.41) is 3.12. The summed E-state index contributed by atoms with van der Waals surface area (Å²) in [5.74, 6) is 4.05. The summed E-state index contributed by atoms with van der Waals surface area (Å²) in [5.41, 5.74) is 5.22. The van der Waals surface area contributed by atoms with Gasteiger partial charge < -0.3 is 28.4 Å². The lowest BCUT2D eigenvalue weighted by Gasteiger charge is -2.42. The van der Waals surface area contributed by atoms with Crippen molar-refractivity contribution in [2.24, 2.45) is 0 Å². The number of hydrogen-bond donors (Lipinski definition) is 0. The molecular formula is C33H40O6Si. The molecule has 0 saturated carbocycles. The third-order valence-electron chi connectivity index (χ3n) is 8.53. The molecule has 7 heteroatoms. The molecule has 1 aliphatic carbocycles. The van der Waals surface area contributed by atoms with E-state index in [9.17, 15) is 0 Å². The second-order valence-electron chi connectivity index (χ2n) is 9.98. The Morgan fingerprint density at radius 3 is 1.00 bits per heavy atom. The number of ether oxygens (including phenoxy) is 6. The van der Waals surface area contributed by atoms with E-state index >= 15 is 0 Å². The average molecular weight is 561 g/mol. The Balaban J connectivity index is 2.40. The van der Waals surface area contributed by atoms with Gasteiger partial charge in [-0.2, -0.15) is 0 Å². The summed E-state index contributed by atoms with van der Waals surface area (Å²) in [6, 6.07) is 18.4. The molecule has 0 bridgehead atoms. The number of para-hydroxylation sites is 3. The first kappa shape index (κ1) is 29.1. The number of rotatable bonds is 10. The summed E-state index contributed by atoms with van der Waals surface area (Å²) < 4.78 is 36.2. The van der Waals surface area contributed by atoms with Crippen LogP contribution in [0.15, 0.2) is 76.9 Å². The maximum Gasteiger partial charge on any atom is 0.173 e. The quantitative estimate of drug-likeness (QED) is 0.249. The predicted molar refractivity (Wildman–Crippen MR) is 164 cm³/mol. The molecule has 0 atom stereocenters. The minimum atomic E-state index is -3.27. The van der Waals surface area contributed by atoms with Gasteiger partial charge in [-0.05, 0) is 72.6 Å². The van der Waals surface area contributed by atoms with Crippen molar-refractivity contribution in [3.05, 3.63) is 76.9 Å². The molecule has 0 fully saturated rings. The fourth-order valence-electron chi connectivity index (χ4n) is 6.49. The van der Waals surface area contributed by atoms with Crippen LogP contribution in [0.4, 0.5) is 0 Å². The van der Waals surface area contributed by atoms with Crippen LogP contribution in [0.5, 0.6) is 34.5 Å². The van der Waals surface area contributed by atoms with Gasteiger partial charge in [0.2, 0.25) is 0 Å². The third-order valence-corrected chi connectivity index (χ3v) is 14.0. The van der Waals surface area contributed by atoms with Crippen molar-refractivity contribution in [2.45, 2.75) is 33.2 Å². The van der Waals surface area contributed by atoms with E-state index in [1.165, 1.54) is 22.3 Å². The number of allylic oxidation sites excluding steroid dienone is 4. The van der Waals surface area contributed by atoms with Gasteiger partial charge in [0.1, 0.15) is 0 Å². The van der Waals surface area contributed by atoms with Gasteiger partial charge >= 0.3 is 0 Å². The Morgan fingerprint density at radius 2 is 0.750 bits per heavy atom. The highest BCUT2D eigenvalue weighted by Gasteiger charge is 2.55. The summed E-state index contributed by atoms with van der Waals surface area (Å²) in [6.45, 7) is 8.91. The lowest BCUT2D eigenvalue weighted by Crippen LogP contribution is -2.70. The highest BCUT2D eigenvalue weighted by atomic mass is 28.3. The zero-order valence-corrected chi connectivity index (χ0v) is 26.2. The molecule has 0 amide bonds. The fraction of sp³-hybridized carbons (Fsp3) is 0.333. The molecule has 1 aliphatic rings. The predicted octanol–water partition coefficient (Wildman–Crippen LogP) is 5.27. The zero-order valence-electron chi connectivity index (χ0n) is 25.2. The zero-order chi connectivity index (χ0) is 29.2. The fourth-order valence-corrected chi connectivity index (χ4v) is 12.9. The summed E-state index contributed by atoms with van der Waals surface area (Å²) in [6.07, 6.45) is 0. The van der Waals surface area contributed by atoms with Crippen LogP contribution in [0.25, 0.3) is 0 Å². The largest absolute Gasteiger partial charge is 0.493 e. The Hall–Kier alpha value is -3.84. The average Bonchev–Trinajstić information content (AvgIpc) is 3.19. The van der Waals surface area contributed by atoms with Crippen LogP contribution in [0.3, 0.4) is 0 Å². The highest BCUT2D eigenvalue weighted by Crippen LogP contribution is 2.50. The number of hydrogen-bond acceptors (Lipinski definition) is 6. The van der Waals surface area contributed by atoms with Gasteiger partial charge in [0.05, 0.1) is 42.7 Å². The first-order valence-electron chi connectivity index (χ1n) is 13.3. The van der Waals surface area contributed by atoms with E-state index in [1.54, 1.807) is 42.7 Å². The van der Waals surface area contributed by atoms with Gasteiger partial charge in [0.15, 0.2) is 42.6 Å². The smallest absolute Gasteiger partial charge is 0.173 e. The van der Waals surface area contributed by atoms with Crippen LogP contribution in [0.1, 0.15) is 27.7 Å². The van der Waals surface area contributed by atoms with E-state index in [0.717, 1.165) is 15.6 Å². The molecule has 212 valence electrons.